The normalized spacial score (nSPS) is 14.4. The molecule has 0 saturated heterocycles. The van der Waals surface area contributed by atoms with Crippen LogP contribution in [0.2, 0.25) is 0 Å². The molecule has 0 spiro atoms. The zero-order valence-electron chi connectivity index (χ0n) is 14.9. The van der Waals surface area contributed by atoms with E-state index in [0.29, 0.717) is 0 Å². The average molecular weight is 282 g/mol. The molecule has 0 aliphatic rings. The SMILES string of the molecule is CCCCCCCCC([CH]C(CC)CCCC)CCC. The number of hydrogen-bond donors (Lipinski definition) is 0. The molecule has 0 nitrogen and oxygen atoms in total. The Morgan fingerprint density at radius 3 is 1.75 bits per heavy atom. The Balaban J connectivity index is 3.83. The van der Waals surface area contributed by atoms with Crippen LogP contribution in [0.1, 0.15) is 111 Å². The maximum Gasteiger partial charge on any atom is -0.0324 e. The van der Waals surface area contributed by atoms with Gasteiger partial charge in [-0.15, -0.1) is 0 Å². The van der Waals surface area contributed by atoms with Gasteiger partial charge >= 0.3 is 0 Å². The summed E-state index contributed by atoms with van der Waals surface area (Å²) in [7, 11) is 0. The Bertz CT molecular complexity index is 173. The van der Waals surface area contributed by atoms with Gasteiger partial charge < -0.3 is 0 Å². The summed E-state index contributed by atoms with van der Waals surface area (Å²) in [5.74, 6) is 1.78. The van der Waals surface area contributed by atoms with E-state index < -0.39 is 0 Å². The second kappa shape index (κ2) is 15.4. The smallest absolute Gasteiger partial charge is 0.0324 e. The lowest BCUT2D eigenvalue weighted by Crippen LogP contribution is -2.10. The van der Waals surface area contributed by atoms with Crippen molar-refractivity contribution in [3.05, 3.63) is 6.42 Å². The first kappa shape index (κ1) is 20.0. The molecule has 0 amide bonds. The van der Waals surface area contributed by atoms with Gasteiger partial charge in [0, 0.05) is 0 Å². The minimum atomic E-state index is 0.881. The van der Waals surface area contributed by atoms with Crippen LogP contribution in [0.3, 0.4) is 0 Å². The van der Waals surface area contributed by atoms with Crippen LogP contribution >= 0.6 is 0 Å². The molecule has 0 aliphatic heterocycles. The molecule has 0 aromatic rings. The average Bonchev–Trinajstić information content (AvgIpc) is 2.46. The van der Waals surface area contributed by atoms with E-state index >= 15 is 0 Å². The van der Waals surface area contributed by atoms with Crippen molar-refractivity contribution in [3.8, 4) is 0 Å². The molecule has 2 atom stereocenters. The van der Waals surface area contributed by atoms with Crippen LogP contribution in [-0.4, -0.2) is 0 Å². The highest BCUT2D eigenvalue weighted by Gasteiger charge is 2.14. The topological polar surface area (TPSA) is 0 Å². The highest BCUT2D eigenvalue weighted by atomic mass is 14.2. The Kier molecular flexibility index (Phi) is 15.4. The zero-order valence-corrected chi connectivity index (χ0v) is 14.9. The van der Waals surface area contributed by atoms with E-state index in [0.717, 1.165) is 11.8 Å². The van der Waals surface area contributed by atoms with Crippen molar-refractivity contribution in [2.75, 3.05) is 0 Å². The zero-order chi connectivity index (χ0) is 15.1. The van der Waals surface area contributed by atoms with Crippen molar-refractivity contribution in [3.63, 3.8) is 0 Å². The monoisotopic (exact) mass is 281 g/mol. The molecule has 20 heavy (non-hydrogen) atoms. The van der Waals surface area contributed by atoms with Crippen molar-refractivity contribution in [2.45, 2.75) is 111 Å². The fourth-order valence-corrected chi connectivity index (χ4v) is 3.18. The molecule has 0 N–H and O–H groups in total. The second-order valence-corrected chi connectivity index (χ2v) is 6.61. The molecule has 121 valence electrons. The Labute approximate surface area is 130 Å². The van der Waals surface area contributed by atoms with E-state index in [1.807, 2.05) is 0 Å². The van der Waals surface area contributed by atoms with Gasteiger partial charge in [0.05, 0.1) is 0 Å². The van der Waals surface area contributed by atoms with Crippen LogP contribution in [-0.2, 0) is 0 Å². The summed E-state index contributed by atoms with van der Waals surface area (Å²) in [4.78, 5) is 0. The molecule has 0 fully saturated rings. The van der Waals surface area contributed by atoms with Gasteiger partial charge in [-0.05, 0) is 18.3 Å². The Morgan fingerprint density at radius 2 is 1.15 bits per heavy atom. The molecule has 2 unspecified atom stereocenters. The summed E-state index contributed by atoms with van der Waals surface area (Å²) in [5.41, 5.74) is 0. The molecule has 0 rings (SSSR count). The minimum absolute atomic E-state index is 0.881. The standard InChI is InChI=1S/C20H41/c1-5-9-11-12-13-14-17-20(15-7-3)18-19(8-4)16-10-6-2/h18-20H,5-17H2,1-4H3. The van der Waals surface area contributed by atoms with Crippen molar-refractivity contribution >= 4 is 0 Å². The quantitative estimate of drug-likeness (QED) is 0.271. The lowest BCUT2D eigenvalue weighted by atomic mass is 9.84. The molecule has 0 heterocycles. The lowest BCUT2D eigenvalue weighted by Gasteiger charge is -2.22. The molecule has 0 aliphatic carbocycles. The number of unbranched alkanes of at least 4 members (excludes halogenated alkanes) is 6. The Hall–Kier alpha value is 0. The fourth-order valence-electron chi connectivity index (χ4n) is 3.18. The van der Waals surface area contributed by atoms with E-state index in [1.54, 1.807) is 0 Å². The van der Waals surface area contributed by atoms with Crippen LogP contribution in [0.4, 0.5) is 0 Å². The van der Waals surface area contributed by atoms with Gasteiger partial charge in [-0.1, -0.05) is 111 Å². The van der Waals surface area contributed by atoms with E-state index in [4.69, 9.17) is 0 Å². The van der Waals surface area contributed by atoms with Gasteiger partial charge in [-0.2, -0.15) is 0 Å². The number of hydrogen-bond acceptors (Lipinski definition) is 0. The maximum absolute atomic E-state index is 2.73. The molecule has 0 saturated carbocycles. The van der Waals surface area contributed by atoms with E-state index in [9.17, 15) is 0 Å². The first-order valence-corrected chi connectivity index (χ1v) is 9.63. The molecular formula is C20H41. The number of rotatable bonds is 15. The predicted octanol–water partition coefficient (Wildman–Crippen LogP) is 7.57. The maximum atomic E-state index is 2.73. The van der Waals surface area contributed by atoms with Crippen molar-refractivity contribution in [2.24, 2.45) is 11.8 Å². The highest BCUT2D eigenvalue weighted by Crippen LogP contribution is 2.27. The molecule has 0 bridgehead atoms. The van der Waals surface area contributed by atoms with Crippen LogP contribution < -0.4 is 0 Å². The second-order valence-electron chi connectivity index (χ2n) is 6.61. The van der Waals surface area contributed by atoms with E-state index in [2.05, 4.69) is 34.1 Å². The summed E-state index contributed by atoms with van der Waals surface area (Å²) >= 11 is 0. The van der Waals surface area contributed by atoms with Gasteiger partial charge in [0.2, 0.25) is 0 Å². The fraction of sp³-hybridized carbons (Fsp3) is 0.950. The molecule has 0 aromatic heterocycles. The highest BCUT2D eigenvalue weighted by molar-refractivity contribution is 4.83. The van der Waals surface area contributed by atoms with Gasteiger partial charge in [0.15, 0.2) is 0 Å². The van der Waals surface area contributed by atoms with Crippen LogP contribution in [0.25, 0.3) is 0 Å². The summed E-state index contributed by atoms with van der Waals surface area (Å²) in [6.45, 7) is 9.32. The summed E-state index contributed by atoms with van der Waals surface area (Å²) in [6, 6.07) is 0. The third-order valence-corrected chi connectivity index (χ3v) is 4.59. The van der Waals surface area contributed by atoms with Crippen LogP contribution in [0.5, 0.6) is 0 Å². The first-order valence-electron chi connectivity index (χ1n) is 9.63. The van der Waals surface area contributed by atoms with Crippen molar-refractivity contribution in [1.82, 2.24) is 0 Å². The largest absolute Gasteiger partial charge is 0.0654 e. The van der Waals surface area contributed by atoms with Crippen LogP contribution in [0, 0.1) is 18.3 Å². The van der Waals surface area contributed by atoms with Crippen molar-refractivity contribution < 1.29 is 0 Å². The summed E-state index contributed by atoms with van der Waals surface area (Å²) < 4.78 is 0. The molecular weight excluding hydrogens is 240 g/mol. The minimum Gasteiger partial charge on any atom is -0.0654 e. The van der Waals surface area contributed by atoms with Gasteiger partial charge in [0.25, 0.3) is 0 Å². The summed E-state index contributed by atoms with van der Waals surface area (Å²) in [6.07, 6.45) is 21.1. The third kappa shape index (κ3) is 11.8. The molecule has 0 aromatic carbocycles. The predicted molar refractivity (Wildman–Crippen MR) is 94.0 cm³/mol. The van der Waals surface area contributed by atoms with Gasteiger partial charge in [0.1, 0.15) is 0 Å². The lowest BCUT2D eigenvalue weighted by molar-refractivity contribution is 0.391. The van der Waals surface area contributed by atoms with Crippen molar-refractivity contribution in [1.29, 1.82) is 0 Å². The van der Waals surface area contributed by atoms with Crippen LogP contribution in [0.15, 0.2) is 0 Å². The molecule has 1 radical (unpaired) electrons. The van der Waals surface area contributed by atoms with E-state index in [1.165, 1.54) is 83.5 Å². The third-order valence-electron chi connectivity index (χ3n) is 4.59. The van der Waals surface area contributed by atoms with Gasteiger partial charge in [-0.3, -0.25) is 0 Å². The van der Waals surface area contributed by atoms with E-state index in [-0.39, 0.29) is 0 Å². The Morgan fingerprint density at radius 1 is 0.550 bits per heavy atom. The molecule has 0 heteroatoms. The van der Waals surface area contributed by atoms with Gasteiger partial charge in [-0.25, -0.2) is 0 Å². The summed E-state index contributed by atoms with van der Waals surface area (Å²) in [5, 5.41) is 0. The first-order chi connectivity index (χ1) is 9.78.